The van der Waals surface area contributed by atoms with Crippen molar-refractivity contribution >= 4 is 39.0 Å². The highest BCUT2D eigenvalue weighted by atomic mass is 32.1. The van der Waals surface area contributed by atoms with Gasteiger partial charge in [-0.1, -0.05) is 19.1 Å². The average molecular weight is 481 g/mol. The molecule has 1 aromatic carbocycles. The van der Waals surface area contributed by atoms with Crippen molar-refractivity contribution < 1.29 is 9.53 Å². The van der Waals surface area contributed by atoms with Crippen LogP contribution in [0.15, 0.2) is 30.6 Å². The molecule has 0 N–H and O–H groups in total. The Labute approximate surface area is 204 Å². The molecule has 0 saturated carbocycles. The summed E-state index contributed by atoms with van der Waals surface area (Å²) >= 11 is 1.50. The number of rotatable bonds is 5. The maximum absolute atomic E-state index is 13.4. The number of aromatic nitrogens is 2. The molecular formula is C25H32N6O2S. The van der Waals surface area contributed by atoms with Crippen LogP contribution < -0.4 is 14.5 Å². The van der Waals surface area contributed by atoms with E-state index >= 15 is 0 Å². The van der Waals surface area contributed by atoms with Gasteiger partial charge >= 0.3 is 0 Å². The highest BCUT2D eigenvalue weighted by Gasteiger charge is 2.28. The van der Waals surface area contributed by atoms with Gasteiger partial charge < -0.3 is 24.3 Å². The first kappa shape index (κ1) is 22.9. The molecule has 0 bridgehead atoms. The Balaban J connectivity index is 1.36. The normalized spacial score (nSPS) is 17.4. The Morgan fingerprint density at radius 1 is 1.00 bits per heavy atom. The molecule has 2 saturated heterocycles. The molecule has 3 aromatic rings. The summed E-state index contributed by atoms with van der Waals surface area (Å²) in [6.07, 6.45) is 1.63. The van der Waals surface area contributed by atoms with Crippen LogP contribution in [0.1, 0.15) is 22.2 Å². The molecule has 5 rings (SSSR count). The monoisotopic (exact) mass is 480 g/mol. The Morgan fingerprint density at radius 3 is 2.41 bits per heavy atom. The lowest BCUT2D eigenvalue weighted by molar-refractivity contribution is 0.0647. The zero-order valence-corrected chi connectivity index (χ0v) is 21.0. The lowest BCUT2D eigenvalue weighted by Gasteiger charge is -2.37. The number of fused-ring (bicyclic) bond motifs is 1. The summed E-state index contributed by atoms with van der Waals surface area (Å²) in [4.78, 5) is 33.3. The van der Waals surface area contributed by atoms with Gasteiger partial charge in [0.25, 0.3) is 5.91 Å². The number of piperazine rings is 2. The zero-order valence-electron chi connectivity index (χ0n) is 20.2. The topological polar surface area (TPSA) is 65.0 Å². The minimum absolute atomic E-state index is 0.128. The van der Waals surface area contributed by atoms with E-state index < -0.39 is 0 Å². The van der Waals surface area contributed by atoms with E-state index in [-0.39, 0.29) is 5.91 Å². The van der Waals surface area contributed by atoms with Gasteiger partial charge in [-0.15, -0.1) is 11.3 Å². The first-order valence-electron chi connectivity index (χ1n) is 12.0. The van der Waals surface area contributed by atoms with E-state index in [4.69, 9.17) is 4.74 Å². The fourth-order valence-electron chi connectivity index (χ4n) is 4.96. The number of ether oxygens (including phenoxy) is 1. The third kappa shape index (κ3) is 4.18. The Bertz CT molecular complexity index is 1170. The van der Waals surface area contributed by atoms with Crippen molar-refractivity contribution in [3.63, 3.8) is 0 Å². The van der Waals surface area contributed by atoms with Gasteiger partial charge in [-0.2, -0.15) is 0 Å². The summed E-state index contributed by atoms with van der Waals surface area (Å²) in [5, 5.41) is 1.02. The van der Waals surface area contributed by atoms with Crippen molar-refractivity contribution in [2.75, 3.05) is 75.8 Å². The molecule has 2 aliphatic heterocycles. The van der Waals surface area contributed by atoms with Crippen LogP contribution in [0.2, 0.25) is 0 Å². The van der Waals surface area contributed by atoms with Crippen molar-refractivity contribution in [3.05, 3.63) is 41.0 Å². The molecule has 4 heterocycles. The highest BCUT2D eigenvalue weighted by molar-refractivity contribution is 7.20. The highest BCUT2D eigenvalue weighted by Crippen LogP contribution is 2.36. The van der Waals surface area contributed by atoms with Crippen LogP contribution in [0.4, 0.5) is 11.5 Å². The fraction of sp³-hybridized carbons (Fsp3) is 0.480. The number of methoxy groups -OCH3 is 1. The molecule has 8 nitrogen and oxygen atoms in total. The van der Waals surface area contributed by atoms with Crippen LogP contribution in [0.3, 0.4) is 0 Å². The number of nitrogens with zero attached hydrogens (tertiary/aromatic N) is 6. The summed E-state index contributed by atoms with van der Waals surface area (Å²) in [6.45, 7) is 12.1. The van der Waals surface area contributed by atoms with E-state index in [1.165, 1.54) is 11.3 Å². The second kappa shape index (κ2) is 9.76. The smallest absolute Gasteiger partial charge is 0.264 e. The van der Waals surface area contributed by atoms with Crippen LogP contribution in [0.25, 0.3) is 10.2 Å². The summed E-state index contributed by atoms with van der Waals surface area (Å²) in [5.41, 5.74) is 2.13. The lowest BCUT2D eigenvalue weighted by atomic mass is 10.1. The van der Waals surface area contributed by atoms with Crippen molar-refractivity contribution in [2.24, 2.45) is 0 Å². The molecular weight excluding hydrogens is 448 g/mol. The molecule has 1 amide bonds. The standard InChI is InChI=1S/C25H32N6O2S/c1-4-28-9-11-31(12-10-28)25(32)22-18(2)21-23(26-17-27-24(21)34-22)30-15-13-29(14-16-30)19-7-5-6-8-20(19)33-3/h5-8,17H,4,9-16H2,1-3H3. The molecule has 0 atom stereocenters. The third-order valence-electron chi connectivity index (χ3n) is 7.01. The number of amides is 1. The quantitative estimate of drug-likeness (QED) is 0.556. The number of benzene rings is 1. The number of para-hydroxylation sites is 2. The molecule has 2 aromatic heterocycles. The number of carbonyl (C=O) groups excluding carboxylic acids is 1. The van der Waals surface area contributed by atoms with Crippen molar-refractivity contribution in [2.45, 2.75) is 13.8 Å². The third-order valence-corrected chi connectivity index (χ3v) is 8.20. The predicted molar refractivity (Wildman–Crippen MR) is 138 cm³/mol. The van der Waals surface area contributed by atoms with Crippen LogP contribution in [-0.4, -0.2) is 91.7 Å². The molecule has 0 spiro atoms. The molecule has 34 heavy (non-hydrogen) atoms. The van der Waals surface area contributed by atoms with E-state index in [1.54, 1.807) is 13.4 Å². The van der Waals surface area contributed by atoms with E-state index in [2.05, 4.69) is 37.7 Å². The van der Waals surface area contributed by atoms with Crippen LogP contribution in [-0.2, 0) is 0 Å². The first-order chi connectivity index (χ1) is 16.6. The number of hydrogen-bond acceptors (Lipinski definition) is 8. The van der Waals surface area contributed by atoms with E-state index in [9.17, 15) is 4.79 Å². The maximum Gasteiger partial charge on any atom is 0.264 e. The molecule has 180 valence electrons. The van der Waals surface area contributed by atoms with Crippen molar-refractivity contribution in [1.29, 1.82) is 0 Å². The number of carbonyl (C=O) groups is 1. The Morgan fingerprint density at radius 2 is 1.71 bits per heavy atom. The van der Waals surface area contributed by atoms with Crippen LogP contribution in [0.5, 0.6) is 5.75 Å². The molecule has 9 heteroatoms. The fourth-order valence-corrected chi connectivity index (χ4v) is 6.07. The second-order valence-electron chi connectivity index (χ2n) is 8.81. The molecule has 0 unspecified atom stereocenters. The average Bonchev–Trinajstić information content (AvgIpc) is 3.25. The van der Waals surface area contributed by atoms with Crippen LogP contribution in [0, 0.1) is 6.92 Å². The summed E-state index contributed by atoms with van der Waals surface area (Å²) in [7, 11) is 1.72. The minimum Gasteiger partial charge on any atom is -0.495 e. The number of aryl methyl sites for hydroxylation is 1. The number of thiophene rings is 1. The largest absolute Gasteiger partial charge is 0.495 e. The summed E-state index contributed by atoms with van der Waals surface area (Å²) in [5.74, 6) is 1.97. The second-order valence-corrected chi connectivity index (χ2v) is 9.81. The predicted octanol–water partition coefficient (Wildman–Crippen LogP) is 3.11. The van der Waals surface area contributed by atoms with E-state index in [0.29, 0.717) is 0 Å². The summed E-state index contributed by atoms with van der Waals surface area (Å²) in [6, 6.07) is 8.16. The van der Waals surface area contributed by atoms with Crippen LogP contribution >= 0.6 is 11.3 Å². The van der Waals surface area contributed by atoms with Gasteiger partial charge in [-0.3, -0.25) is 4.79 Å². The minimum atomic E-state index is 0.128. The van der Waals surface area contributed by atoms with Gasteiger partial charge in [0.2, 0.25) is 0 Å². The number of anilines is 2. The number of likely N-dealkylation sites (N-methyl/N-ethyl adjacent to an activating group) is 1. The van der Waals surface area contributed by atoms with Gasteiger partial charge in [0, 0.05) is 52.4 Å². The summed E-state index contributed by atoms with van der Waals surface area (Å²) < 4.78 is 5.56. The molecule has 2 fully saturated rings. The molecule has 0 aliphatic carbocycles. The van der Waals surface area contributed by atoms with E-state index in [0.717, 1.165) is 96.8 Å². The SMILES string of the molecule is CCN1CCN(C(=O)c2sc3ncnc(N4CCN(c5ccccc5OC)CC4)c3c2C)CC1. The van der Waals surface area contributed by atoms with Gasteiger partial charge in [-0.05, 0) is 31.2 Å². The number of hydrogen-bond donors (Lipinski definition) is 0. The van der Waals surface area contributed by atoms with Crippen molar-refractivity contribution in [3.8, 4) is 5.75 Å². The lowest BCUT2D eigenvalue weighted by Crippen LogP contribution is -2.48. The Kier molecular flexibility index (Phi) is 6.56. The van der Waals surface area contributed by atoms with E-state index in [1.807, 2.05) is 30.0 Å². The van der Waals surface area contributed by atoms with Gasteiger partial charge in [0.15, 0.2) is 0 Å². The zero-order chi connectivity index (χ0) is 23.7. The van der Waals surface area contributed by atoms with Gasteiger partial charge in [0.1, 0.15) is 22.7 Å². The Hall–Kier alpha value is -2.91. The van der Waals surface area contributed by atoms with Gasteiger partial charge in [0.05, 0.1) is 23.1 Å². The maximum atomic E-state index is 13.4. The molecule has 2 aliphatic rings. The molecule has 0 radical (unpaired) electrons. The van der Waals surface area contributed by atoms with Gasteiger partial charge in [-0.25, -0.2) is 9.97 Å². The first-order valence-corrected chi connectivity index (χ1v) is 12.8. The van der Waals surface area contributed by atoms with Crippen molar-refractivity contribution in [1.82, 2.24) is 19.8 Å².